The molecule has 0 atom stereocenters. The van der Waals surface area contributed by atoms with Crippen molar-refractivity contribution in [2.24, 2.45) is 0 Å². The second-order valence-corrected chi connectivity index (χ2v) is 3.62. The zero-order valence-electron chi connectivity index (χ0n) is 8.12. The third-order valence-corrected chi connectivity index (χ3v) is 2.28. The van der Waals surface area contributed by atoms with Crippen LogP contribution in [0, 0.1) is 0 Å². The molecular formula is C9H3BClF3N2O. The molecule has 0 bridgehead atoms. The van der Waals surface area contributed by atoms with Gasteiger partial charge in [0.25, 0.3) is 5.24 Å². The highest BCUT2D eigenvalue weighted by Crippen LogP contribution is 2.30. The van der Waals surface area contributed by atoms with Crippen molar-refractivity contribution in [2.75, 3.05) is 0 Å². The van der Waals surface area contributed by atoms with Crippen LogP contribution in [0.25, 0.3) is 5.52 Å². The molecule has 0 saturated carbocycles. The molecule has 0 aliphatic heterocycles. The molecule has 0 fully saturated rings. The number of pyridine rings is 1. The number of carbonyl (C=O) groups is 1. The molecule has 0 aliphatic carbocycles. The number of rotatable bonds is 1. The molecule has 0 saturated heterocycles. The van der Waals surface area contributed by atoms with Crippen LogP contribution < -0.4 is 5.46 Å². The van der Waals surface area contributed by atoms with Gasteiger partial charge in [0.1, 0.15) is 13.5 Å². The van der Waals surface area contributed by atoms with Gasteiger partial charge >= 0.3 is 6.18 Å². The maximum Gasteiger partial charge on any atom is 0.450 e. The minimum atomic E-state index is -4.69. The summed E-state index contributed by atoms with van der Waals surface area (Å²) in [6, 6.07) is 2.62. The van der Waals surface area contributed by atoms with Crippen LogP contribution in [0.15, 0.2) is 18.3 Å². The molecule has 3 nitrogen and oxygen atoms in total. The van der Waals surface area contributed by atoms with Crippen molar-refractivity contribution in [1.82, 2.24) is 9.38 Å². The fraction of sp³-hybridized carbons (Fsp3) is 0.111. The molecule has 2 radical (unpaired) electrons. The fourth-order valence-electron chi connectivity index (χ4n) is 1.45. The van der Waals surface area contributed by atoms with E-state index in [1.807, 2.05) is 0 Å². The first-order valence-corrected chi connectivity index (χ1v) is 4.73. The Balaban J connectivity index is 2.85. The number of imidazole rings is 1. The standard InChI is InChI=1S/C9H3BClF3N2O/c10-4-1-2-5-6(7(11)17)15-8(9(12,13)14)16(5)3-4/h1-3H. The molecule has 2 heterocycles. The number of nitrogens with zero attached hydrogens (tertiary/aromatic N) is 2. The number of fused-ring (bicyclic) bond motifs is 1. The zero-order chi connectivity index (χ0) is 12.8. The summed E-state index contributed by atoms with van der Waals surface area (Å²) < 4.78 is 38.6. The average Bonchev–Trinajstić information content (AvgIpc) is 2.55. The van der Waals surface area contributed by atoms with E-state index in [4.69, 9.17) is 19.4 Å². The highest BCUT2D eigenvalue weighted by atomic mass is 35.5. The second-order valence-electron chi connectivity index (χ2n) is 3.27. The summed E-state index contributed by atoms with van der Waals surface area (Å²) in [5.41, 5.74) is -0.362. The maximum atomic E-state index is 12.6. The molecule has 0 aliphatic rings. The minimum absolute atomic E-state index is 0.0356. The van der Waals surface area contributed by atoms with Gasteiger partial charge in [-0.3, -0.25) is 9.20 Å². The Morgan fingerprint density at radius 3 is 2.59 bits per heavy atom. The molecule has 8 heteroatoms. The molecule has 17 heavy (non-hydrogen) atoms. The van der Waals surface area contributed by atoms with Crippen molar-refractivity contribution >= 4 is 35.7 Å². The van der Waals surface area contributed by atoms with Crippen LogP contribution in [0.4, 0.5) is 13.2 Å². The van der Waals surface area contributed by atoms with Gasteiger partial charge in [-0.05, 0) is 17.7 Å². The third kappa shape index (κ3) is 2.02. The molecule has 0 aromatic carbocycles. The average molecular weight is 258 g/mol. The van der Waals surface area contributed by atoms with E-state index >= 15 is 0 Å². The summed E-state index contributed by atoms with van der Waals surface area (Å²) in [7, 11) is 5.39. The van der Waals surface area contributed by atoms with E-state index in [0.29, 0.717) is 4.40 Å². The molecule has 0 unspecified atom stereocenters. The molecule has 2 aromatic rings. The quantitative estimate of drug-likeness (QED) is 0.574. The predicted molar refractivity (Wildman–Crippen MR) is 55.8 cm³/mol. The third-order valence-electron chi connectivity index (χ3n) is 2.10. The first-order valence-electron chi connectivity index (χ1n) is 4.35. The van der Waals surface area contributed by atoms with Gasteiger partial charge in [-0.1, -0.05) is 11.5 Å². The lowest BCUT2D eigenvalue weighted by Crippen LogP contribution is -2.13. The predicted octanol–water partition coefficient (Wildman–Crippen LogP) is 1.53. The van der Waals surface area contributed by atoms with Crippen molar-refractivity contribution in [1.29, 1.82) is 0 Å². The van der Waals surface area contributed by atoms with Crippen molar-refractivity contribution in [2.45, 2.75) is 6.18 Å². The smallest absolute Gasteiger partial charge is 0.296 e. The van der Waals surface area contributed by atoms with Crippen molar-refractivity contribution in [3.63, 3.8) is 0 Å². The van der Waals surface area contributed by atoms with Crippen LogP contribution in [-0.2, 0) is 6.18 Å². The lowest BCUT2D eigenvalue weighted by molar-refractivity contribution is -0.145. The molecule has 0 N–H and O–H groups in total. The van der Waals surface area contributed by atoms with Crippen molar-refractivity contribution < 1.29 is 18.0 Å². The van der Waals surface area contributed by atoms with Gasteiger partial charge in [-0.25, -0.2) is 4.98 Å². The number of aromatic nitrogens is 2. The molecular weight excluding hydrogens is 255 g/mol. The first kappa shape index (κ1) is 12.0. The van der Waals surface area contributed by atoms with Crippen LogP contribution in [0.3, 0.4) is 0 Å². The fourth-order valence-corrected chi connectivity index (χ4v) is 1.59. The minimum Gasteiger partial charge on any atom is -0.296 e. The van der Waals surface area contributed by atoms with Gasteiger partial charge in [0.2, 0.25) is 5.82 Å². The van der Waals surface area contributed by atoms with Crippen LogP contribution >= 0.6 is 11.6 Å². The van der Waals surface area contributed by atoms with E-state index in [1.54, 1.807) is 0 Å². The zero-order valence-corrected chi connectivity index (χ0v) is 8.88. The Bertz CT molecular complexity index is 608. The number of hydrogen-bond donors (Lipinski definition) is 0. The summed E-state index contributed by atoms with van der Waals surface area (Å²) in [5, 5.41) is -1.05. The Hall–Kier alpha value is -1.50. The summed E-state index contributed by atoms with van der Waals surface area (Å²) in [5.74, 6) is -1.23. The molecule has 2 rings (SSSR count). The van der Waals surface area contributed by atoms with Crippen molar-refractivity contribution in [3.8, 4) is 0 Å². The monoisotopic (exact) mass is 258 g/mol. The number of carbonyl (C=O) groups excluding carboxylic acids is 1. The largest absolute Gasteiger partial charge is 0.450 e. The van der Waals surface area contributed by atoms with E-state index in [9.17, 15) is 18.0 Å². The van der Waals surface area contributed by atoms with Crippen LogP contribution in [-0.4, -0.2) is 22.5 Å². The van der Waals surface area contributed by atoms with Gasteiger partial charge in [0.05, 0.1) is 5.52 Å². The van der Waals surface area contributed by atoms with Gasteiger partial charge < -0.3 is 0 Å². The highest BCUT2D eigenvalue weighted by Gasteiger charge is 2.37. The van der Waals surface area contributed by atoms with E-state index in [2.05, 4.69) is 4.98 Å². The first-order chi connectivity index (χ1) is 7.80. The van der Waals surface area contributed by atoms with Crippen LogP contribution in [0.2, 0.25) is 0 Å². The van der Waals surface area contributed by atoms with Gasteiger partial charge in [0, 0.05) is 6.20 Å². The van der Waals surface area contributed by atoms with Crippen molar-refractivity contribution in [3.05, 3.63) is 29.8 Å². The summed E-state index contributed by atoms with van der Waals surface area (Å²) in [6.07, 6.45) is -3.66. The Labute approximate surface area is 99.6 Å². The molecule has 2 aromatic heterocycles. The highest BCUT2D eigenvalue weighted by molar-refractivity contribution is 6.68. The van der Waals surface area contributed by atoms with Crippen LogP contribution in [0.5, 0.6) is 0 Å². The topological polar surface area (TPSA) is 34.4 Å². The molecule has 0 spiro atoms. The number of halogens is 4. The molecule has 0 amide bonds. The molecule has 86 valence electrons. The van der Waals surface area contributed by atoms with E-state index in [1.165, 1.54) is 12.1 Å². The van der Waals surface area contributed by atoms with Crippen LogP contribution in [0.1, 0.15) is 16.3 Å². The van der Waals surface area contributed by atoms with E-state index < -0.39 is 22.9 Å². The Kier molecular flexibility index (Phi) is 2.65. The van der Waals surface area contributed by atoms with Gasteiger partial charge in [-0.15, -0.1) is 0 Å². The van der Waals surface area contributed by atoms with Gasteiger partial charge in [-0.2, -0.15) is 13.2 Å². The second kappa shape index (κ2) is 3.77. The van der Waals surface area contributed by atoms with Gasteiger partial charge in [0.15, 0.2) is 0 Å². The lowest BCUT2D eigenvalue weighted by Gasteiger charge is -2.05. The van der Waals surface area contributed by atoms with E-state index in [-0.39, 0.29) is 11.0 Å². The summed E-state index contributed by atoms with van der Waals surface area (Å²) >= 11 is 5.17. The lowest BCUT2D eigenvalue weighted by atomic mass is 9.99. The normalized spacial score (nSPS) is 12.0. The SMILES string of the molecule is [B]c1ccc2c(C(=O)Cl)nc(C(F)(F)F)n2c1. The number of alkyl halides is 3. The summed E-state index contributed by atoms with van der Waals surface area (Å²) in [6.45, 7) is 0. The maximum absolute atomic E-state index is 12.6. The summed E-state index contributed by atoms with van der Waals surface area (Å²) in [4.78, 5) is 14.2. The Morgan fingerprint density at radius 1 is 1.41 bits per heavy atom. The number of hydrogen-bond acceptors (Lipinski definition) is 2. The van der Waals surface area contributed by atoms with E-state index in [0.717, 1.165) is 6.20 Å². The Morgan fingerprint density at radius 2 is 2.06 bits per heavy atom.